The van der Waals surface area contributed by atoms with E-state index in [1.807, 2.05) is 38.1 Å². The van der Waals surface area contributed by atoms with E-state index in [1.54, 1.807) is 24.5 Å². The molecule has 0 saturated heterocycles. The second kappa shape index (κ2) is 5.08. The molecule has 0 aliphatic carbocycles. The zero-order chi connectivity index (χ0) is 13.1. The lowest BCUT2D eigenvalue weighted by molar-refractivity contribution is 0.0785. The summed E-state index contributed by atoms with van der Waals surface area (Å²) >= 11 is 0. The zero-order valence-electron chi connectivity index (χ0n) is 10.9. The van der Waals surface area contributed by atoms with Crippen molar-refractivity contribution in [2.45, 2.75) is 20.4 Å². The summed E-state index contributed by atoms with van der Waals surface area (Å²) in [5.74, 6) is 0.0271. The minimum Gasteiger partial charge on any atom is -0.472 e. The molecule has 1 aromatic heterocycles. The normalized spacial score (nSPS) is 10.4. The van der Waals surface area contributed by atoms with E-state index in [0.29, 0.717) is 6.54 Å². The lowest BCUT2D eigenvalue weighted by Gasteiger charge is -2.16. The van der Waals surface area contributed by atoms with Crippen molar-refractivity contribution in [3.63, 3.8) is 0 Å². The molecule has 0 unspecified atom stereocenters. The Balaban J connectivity index is 2.12. The molecule has 3 nitrogen and oxygen atoms in total. The molecule has 3 heteroatoms. The van der Waals surface area contributed by atoms with Gasteiger partial charge in [-0.25, -0.2) is 0 Å². The van der Waals surface area contributed by atoms with E-state index in [4.69, 9.17) is 4.42 Å². The van der Waals surface area contributed by atoms with Gasteiger partial charge >= 0.3 is 0 Å². The van der Waals surface area contributed by atoms with Gasteiger partial charge in [-0.1, -0.05) is 6.07 Å². The highest BCUT2D eigenvalue weighted by atomic mass is 16.3. The van der Waals surface area contributed by atoms with Crippen molar-refractivity contribution in [1.82, 2.24) is 4.90 Å². The number of carbonyl (C=O) groups is 1. The van der Waals surface area contributed by atoms with Crippen LogP contribution in [0.2, 0.25) is 0 Å². The lowest BCUT2D eigenvalue weighted by Crippen LogP contribution is -2.26. The Kier molecular flexibility index (Phi) is 3.51. The highest BCUT2D eigenvalue weighted by Gasteiger charge is 2.12. The van der Waals surface area contributed by atoms with Gasteiger partial charge in [-0.3, -0.25) is 4.79 Å². The van der Waals surface area contributed by atoms with Gasteiger partial charge in [-0.15, -0.1) is 0 Å². The predicted molar refractivity (Wildman–Crippen MR) is 70.4 cm³/mol. The van der Waals surface area contributed by atoms with Crippen molar-refractivity contribution in [1.29, 1.82) is 0 Å². The second-order valence-corrected chi connectivity index (χ2v) is 4.59. The lowest BCUT2D eigenvalue weighted by atomic mass is 10.1. The van der Waals surface area contributed by atoms with Crippen molar-refractivity contribution in [3.05, 3.63) is 59.0 Å². The van der Waals surface area contributed by atoms with Gasteiger partial charge in [0.25, 0.3) is 5.91 Å². The number of hydrogen-bond acceptors (Lipinski definition) is 2. The average molecular weight is 243 g/mol. The van der Waals surface area contributed by atoms with Crippen LogP contribution in [0.1, 0.15) is 27.0 Å². The van der Waals surface area contributed by atoms with Crippen LogP contribution in [0.25, 0.3) is 0 Å². The largest absolute Gasteiger partial charge is 0.472 e. The molecule has 2 aromatic rings. The van der Waals surface area contributed by atoms with Gasteiger partial charge in [-0.05, 0) is 43.2 Å². The number of furan rings is 1. The average Bonchev–Trinajstić information content (AvgIpc) is 2.84. The Morgan fingerprint density at radius 1 is 1.22 bits per heavy atom. The summed E-state index contributed by atoms with van der Waals surface area (Å²) in [6.07, 6.45) is 3.27. The van der Waals surface area contributed by atoms with Gasteiger partial charge < -0.3 is 9.32 Å². The summed E-state index contributed by atoms with van der Waals surface area (Å²) in [5, 5.41) is 0. The molecule has 1 amide bonds. The first-order chi connectivity index (χ1) is 8.58. The van der Waals surface area contributed by atoms with Crippen LogP contribution >= 0.6 is 0 Å². The van der Waals surface area contributed by atoms with Crippen LogP contribution in [0, 0.1) is 13.8 Å². The fourth-order valence-corrected chi connectivity index (χ4v) is 1.82. The quantitative estimate of drug-likeness (QED) is 0.829. The summed E-state index contributed by atoms with van der Waals surface area (Å²) in [6, 6.07) is 7.65. The number of rotatable bonds is 3. The molecular formula is C15H17NO2. The van der Waals surface area contributed by atoms with Gasteiger partial charge in [0, 0.05) is 24.7 Å². The first-order valence-electron chi connectivity index (χ1n) is 5.91. The van der Waals surface area contributed by atoms with E-state index in [2.05, 4.69) is 0 Å². The molecule has 0 aliphatic rings. The molecule has 0 aliphatic heterocycles. The SMILES string of the molecule is Cc1ccc(C(=O)N(C)Cc2ccoc2)cc1C. The molecule has 1 aromatic carbocycles. The fraction of sp³-hybridized carbons (Fsp3) is 0.267. The summed E-state index contributed by atoms with van der Waals surface area (Å²) in [7, 11) is 1.80. The molecule has 0 radical (unpaired) electrons. The van der Waals surface area contributed by atoms with Crippen LogP contribution in [0.15, 0.2) is 41.2 Å². The minimum atomic E-state index is 0.0271. The predicted octanol–water partition coefficient (Wildman–Crippen LogP) is 3.17. The van der Waals surface area contributed by atoms with Crippen molar-refractivity contribution in [2.24, 2.45) is 0 Å². The monoisotopic (exact) mass is 243 g/mol. The number of amides is 1. The van der Waals surface area contributed by atoms with Crippen LogP contribution < -0.4 is 0 Å². The number of aryl methyl sites for hydroxylation is 2. The van der Waals surface area contributed by atoms with Crippen LogP contribution in [0.3, 0.4) is 0 Å². The van der Waals surface area contributed by atoms with Crippen LogP contribution in [0.5, 0.6) is 0 Å². The Bertz CT molecular complexity index is 544. The number of carbonyl (C=O) groups excluding carboxylic acids is 1. The van der Waals surface area contributed by atoms with Crippen molar-refractivity contribution in [2.75, 3.05) is 7.05 Å². The highest BCUT2D eigenvalue weighted by molar-refractivity contribution is 5.94. The van der Waals surface area contributed by atoms with Crippen LogP contribution in [0.4, 0.5) is 0 Å². The zero-order valence-corrected chi connectivity index (χ0v) is 10.9. The van der Waals surface area contributed by atoms with E-state index >= 15 is 0 Å². The van der Waals surface area contributed by atoms with E-state index in [-0.39, 0.29) is 5.91 Å². The molecule has 0 N–H and O–H groups in total. The van der Waals surface area contributed by atoms with Gasteiger partial charge in [-0.2, -0.15) is 0 Å². The highest BCUT2D eigenvalue weighted by Crippen LogP contribution is 2.13. The summed E-state index contributed by atoms with van der Waals surface area (Å²) in [5.41, 5.74) is 4.06. The molecule has 0 bridgehead atoms. The second-order valence-electron chi connectivity index (χ2n) is 4.59. The van der Waals surface area contributed by atoms with E-state index in [1.165, 1.54) is 5.56 Å². The molecule has 0 spiro atoms. The number of benzene rings is 1. The van der Waals surface area contributed by atoms with E-state index < -0.39 is 0 Å². The van der Waals surface area contributed by atoms with Crippen LogP contribution in [-0.4, -0.2) is 17.9 Å². The molecule has 18 heavy (non-hydrogen) atoms. The van der Waals surface area contributed by atoms with Crippen molar-refractivity contribution < 1.29 is 9.21 Å². The molecule has 0 saturated carbocycles. The standard InChI is InChI=1S/C15H17NO2/c1-11-4-5-14(8-12(11)2)15(17)16(3)9-13-6-7-18-10-13/h4-8,10H,9H2,1-3H3. The molecule has 94 valence electrons. The Hall–Kier alpha value is -2.03. The first kappa shape index (κ1) is 12.4. The maximum atomic E-state index is 12.2. The first-order valence-corrected chi connectivity index (χ1v) is 5.91. The summed E-state index contributed by atoms with van der Waals surface area (Å²) in [4.78, 5) is 13.9. The molecular weight excluding hydrogens is 226 g/mol. The smallest absolute Gasteiger partial charge is 0.253 e. The van der Waals surface area contributed by atoms with Gasteiger partial charge in [0.15, 0.2) is 0 Å². The number of nitrogens with zero attached hydrogens (tertiary/aromatic N) is 1. The third-order valence-electron chi connectivity index (χ3n) is 3.10. The third-order valence-corrected chi connectivity index (χ3v) is 3.10. The molecule has 0 atom stereocenters. The molecule has 0 fully saturated rings. The van der Waals surface area contributed by atoms with Crippen molar-refractivity contribution >= 4 is 5.91 Å². The maximum absolute atomic E-state index is 12.2. The van der Waals surface area contributed by atoms with Gasteiger partial charge in [0.05, 0.1) is 12.5 Å². The van der Waals surface area contributed by atoms with Gasteiger partial charge in [0.2, 0.25) is 0 Å². The van der Waals surface area contributed by atoms with E-state index in [9.17, 15) is 4.79 Å². The minimum absolute atomic E-state index is 0.0271. The Morgan fingerprint density at radius 2 is 2.00 bits per heavy atom. The molecule has 2 rings (SSSR count). The Morgan fingerprint density at radius 3 is 2.61 bits per heavy atom. The molecule has 1 heterocycles. The fourth-order valence-electron chi connectivity index (χ4n) is 1.82. The third kappa shape index (κ3) is 2.62. The summed E-state index contributed by atoms with van der Waals surface area (Å²) in [6.45, 7) is 4.61. The van der Waals surface area contributed by atoms with E-state index in [0.717, 1.165) is 16.7 Å². The number of hydrogen-bond donors (Lipinski definition) is 0. The maximum Gasteiger partial charge on any atom is 0.253 e. The van der Waals surface area contributed by atoms with Gasteiger partial charge in [0.1, 0.15) is 0 Å². The summed E-state index contributed by atoms with van der Waals surface area (Å²) < 4.78 is 5.00. The van der Waals surface area contributed by atoms with Crippen LogP contribution in [-0.2, 0) is 6.54 Å². The Labute approximate surface area is 107 Å². The van der Waals surface area contributed by atoms with Crippen molar-refractivity contribution in [3.8, 4) is 0 Å². The topological polar surface area (TPSA) is 33.5 Å².